The molecule has 1 aromatic carbocycles. The molecular formula is C12H19NO3S. The van der Waals surface area contributed by atoms with Crippen molar-refractivity contribution < 1.29 is 13.2 Å². The number of ether oxygens (including phenoxy) is 1. The Labute approximate surface area is 103 Å². The van der Waals surface area contributed by atoms with E-state index in [2.05, 4.69) is 0 Å². The topological polar surface area (TPSA) is 46.6 Å². The summed E-state index contributed by atoms with van der Waals surface area (Å²) in [5.41, 5.74) is 0.926. The van der Waals surface area contributed by atoms with E-state index >= 15 is 0 Å². The van der Waals surface area contributed by atoms with E-state index in [0.29, 0.717) is 11.6 Å². The number of hydrogen-bond donors (Lipinski definition) is 0. The average molecular weight is 257 g/mol. The van der Waals surface area contributed by atoms with Crippen LogP contribution in [-0.4, -0.2) is 34.6 Å². The maximum absolute atomic E-state index is 11.9. The molecule has 5 heteroatoms. The lowest BCUT2D eigenvalue weighted by Crippen LogP contribution is -2.20. The van der Waals surface area contributed by atoms with Crippen LogP contribution < -0.4 is 4.90 Å². The second-order valence-electron chi connectivity index (χ2n) is 4.20. The highest BCUT2D eigenvalue weighted by molar-refractivity contribution is 7.92. The van der Waals surface area contributed by atoms with E-state index in [1.165, 1.54) is 0 Å². The van der Waals surface area contributed by atoms with E-state index in [4.69, 9.17) is 4.74 Å². The number of anilines is 1. The molecule has 0 saturated heterocycles. The zero-order valence-electron chi connectivity index (χ0n) is 10.7. The van der Waals surface area contributed by atoms with Gasteiger partial charge in [0.25, 0.3) is 0 Å². The van der Waals surface area contributed by atoms with Crippen LogP contribution in [0.15, 0.2) is 29.2 Å². The first kappa shape index (κ1) is 14.0. The summed E-state index contributed by atoms with van der Waals surface area (Å²) in [5.74, 6) is 0. The Morgan fingerprint density at radius 1 is 1.24 bits per heavy atom. The van der Waals surface area contributed by atoms with Gasteiger partial charge in [0, 0.05) is 19.8 Å². The minimum atomic E-state index is -3.18. The summed E-state index contributed by atoms with van der Waals surface area (Å²) in [6.45, 7) is 3.83. The molecule has 0 aromatic heterocycles. The van der Waals surface area contributed by atoms with Gasteiger partial charge in [0.2, 0.25) is 0 Å². The molecule has 0 bridgehead atoms. The summed E-state index contributed by atoms with van der Waals surface area (Å²) >= 11 is 0. The Morgan fingerprint density at radius 2 is 1.76 bits per heavy atom. The zero-order valence-corrected chi connectivity index (χ0v) is 11.5. The predicted molar refractivity (Wildman–Crippen MR) is 69.0 cm³/mol. The smallest absolute Gasteiger partial charge is 0.180 e. The summed E-state index contributed by atoms with van der Waals surface area (Å²) in [7, 11) is 0.322. The van der Waals surface area contributed by atoms with Crippen molar-refractivity contribution in [3.63, 3.8) is 0 Å². The molecule has 0 N–H and O–H groups in total. The van der Waals surface area contributed by atoms with E-state index in [9.17, 15) is 8.42 Å². The Balaban J connectivity index is 2.96. The van der Waals surface area contributed by atoms with Gasteiger partial charge in [0.1, 0.15) is 6.73 Å². The summed E-state index contributed by atoms with van der Waals surface area (Å²) < 4.78 is 28.8. The lowest BCUT2D eigenvalue weighted by Gasteiger charge is -2.18. The molecule has 17 heavy (non-hydrogen) atoms. The number of sulfone groups is 1. The Bertz CT molecular complexity index is 451. The fourth-order valence-electron chi connectivity index (χ4n) is 1.43. The van der Waals surface area contributed by atoms with Crippen molar-refractivity contribution in [2.24, 2.45) is 0 Å². The van der Waals surface area contributed by atoms with E-state index in [-0.39, 0.29) is 0 Å². The number of benzene rings is 1. The van der Waals surface area contributed by atoms with E-state index in [1.54, 1.807) is 45.2 Å². The van der Waals surface area contributed by atoms with Crippen LogP contribution >= 0.6 is 0 Å². The first-order chi connectivity index (χ1) is 7.89. The lowest BCUT2D eigenvalue weighted by molar-refractivity contribution is 0.202. The van der Waals surface area contributed by atoms with Gasteiger partial charge in [0.15, 0.2) is 9.84 Å². The van der Waals surface area contributed by atoms with Gasteiger partial charge in [-0.05, 0) is 38.1 Å². The second-order valence-corrected chi connectivity index (χ2v) is 6.71. The third-order valence-electron chi connectivity index (χ3n) is 2.55. The maximum atomic E-state index is 11.9. The Hall–Kier alpha value is -1.07. The van der Waals surface area contributed by atoms with E-state index < -0.39 is 15.1 Å². The molecule has 0 heterocycles. The second kappa shape index (κ2) is 5.51. The van der Waals surface area contributed by atoms with Gasteiger partial charge in [-0.1, -0.05) is 0 Å². The van der Waals surface area contributed by atoms with Crippen LogP contribution in [0.25, 0.3) is 0 Å². The van der Waals surface area contributed by atoms with Crippen molar-refractivity contribution in [2.75, 3.05) is 25.8 Å². The normalized spacial score (nSPS) is 11.8. The van der Waals surface area contributed by atoms with Crippen molar-refractivity contribution in [2.45, 2.75) is 24.0 Å². The summed E-state index contributed by atoms with van der Waals surface area (Å²) in [6, 6.07) is 6.84. The molecule has 0 amide bonds. The third kappa shape index (κ3) is 3.20. The minimum absolute atomic E-state index is 0.363. The monoisotopic (exact) mass is 257 g/mol. The summed E-state index contributed by atoms with van der Waals surface area (Å²) in [5, 5.41) is -0.398. The van der Waals surface area contributed by atoms with Crippen molar-refractivity contribution in [3.8, 4) is 0 Å². The van der Waals surface area contributed by atoms with Crippen LogP contribution in [0.4, 0.5) is 5.69 Å². The highest BCUT2D eigenvalue weighted by atomic mass is 32.2. The molecule has 0 unspecified atom stereocenters. The molecule has 4 nitrogen and oxygen atoms in total. The van der Waals surface area contributed by atoms with Crippen LogP contribution in [0.5, 0.6) is 0 Å². The summed E-state index contributed by atoms with van der Waals surface area (Å²) in [4.78, 5) is 2.26. The SMILES string of the molecule is COCN(C)c1ccc(S(=O)(=O)C(C)C)cc1. The fraction of sp³-hybridized carbons (Fsp3) is 0.500. The van der Waals surface area contributed by atoms with E-state index in [1.807, 2.05) is 11.9 Å². The molecule has 0 fully saturated rings. The first-order valence-electron chi connectivity index (χ1n) is 5.43. The number of hydrogen-bond acceptors (Lipinski definition) is 4. The molecule has 0 aliphatic rings. The van der Waals surface area contributed by atoms with Crippen molar-refractivity contribution in [1.82, 2.24) is 0 Å². The molecule has 0 aliphatic heterocycles. The van der Waals surface area contributed by atoms with Gasteiger partial charge in [0.05, 0.1) is 10.1 Å². The predicted octanol–water partition coefficient (Wildman–Crippen LogP) is 1.91. The van der Waals surface area contributed by atoms with Crippen LogP contribution in [0.1, 0.15) is 13.8 Å². The van der Waals surface area contributed by atoms with Gasteiger partial charge in [-0.2, -0.15) is 0 Å². The molecule has 0 radical (unpaired) electrons. The van der Waals surface area contributed by atoms with Crippen LogP contribution in [0.2, 0.25) is 0 Å². The highest BCUT2D eigenvalue weighted by Crippen LogP contribution is 2.20. The van der Waals surface area contributed by atoms with Gasteiger partial charge in [-0.25, -0.2) is 8.42 Å². The molecule has 0 spiro atoms. The molecular weight excluding hydrogens is 238 g/mol. The zero-order chi connectivity index (χ0) is 13.1. The number of rotatable bonds is 5. The molecule has 0 aliphatic carbocycles. The van der Waals surface area contributed by atoms with Crippen LogP contribution in [-0.2, 0) is 14.6 Å². The largest absolute Gasteiger partial charge is 0.364 e. The standard InChI is InChI=1S/C12H19NO3S/c1-10(2)17(14,15)12-7-5-11(6-8-12)13(3)9-16-4/h5-8,10H,9H2,1-4H3. The molecule has 1 rings (SSSR count). The quantitative estimate of drug-likeness (QED) is 0.756. The van der Waals surface area contributed by atoms with Gasteiger partial charge in [-0.3, -0.25) is 0 Å². The molecule has 0 atom stereocenters. The van der Waals surface area contributed by atoms with Gasteiger partial charge >= 0.3 is 0 Å². The van der Waals surface area contributed by atoms with E-state index in [0.717, 1.165) is 5.69 Å². The van der Waals surface area contributed by atoms with Crippen LogP contribution in [0.3, 0.4) is 0 Å². The summed E-state index contributed by atoms with van der Waals surface area (Å²) in [6.07, 6.45) is 0. The van der Waals surface area contributed by atoms with Crippen molar-refractivity contribution in [1.29, 1.82) is 0 Å². The minimum Gasteiger partial charge on any atom is -0.364 e. The van der Waals surface area contributed by atoms with Crippen molar-refractivity contribution >= 4 is 15.5 Å². The first-order valence-corrected chi connectivity index (χ1v) is 6.98. The Kier molecular flexibility index (Phi) is 4.54. The van der Waals surface area contributed by atoms with Gasteiger partial charge in [-0.15, -0.1) is 0 Å². The van der Waals surface area contributed by atoms with Crippen molar-refractivity contribution in [3.05, 3.63) is 24.3 Å². The van der Waals surface area contributed by atoms with Gasteiger partial charge < -0.3 is 9.64 Å². The maximum Gasteiger partial charge on any atom is 0.180 e. The molecule has 1 aromatic rings. The number of methoxy groups -OCH3 is 1. The number of nitrogens with zero attached hydrogens (tertiary/aromatic N) is 1. The molecule has 0 saturated carbocycles. The lowest BCUT2D eigenvalue weighted by atomic mass is 10.3. The molecule has 96 valence electrons. The third-order valence-corrected chi connectivity index (χ3v) is 4.72. The van der Waals surface area contributed by atoms with Crippen LogP contribution in [0, 0.1) is 0 Å². The average Bonchev–Trinajstić information content (AvgIpc) is 2.29. The highest BCUT2D eigenvalue weighted by Gasteiger charge is 2.18. The fourth-order valence-corrected chi connectivity index (χ4v) is 2.49. The Morgan fingerprint density at radius 3 is 2.18 bits per heavy atom.